The first-order chi connectivity index (χ1) is 17.5. The molecule has 0 saturated carbocycles. The van der Waals surface area contributed by atoms with Crippen molar-refractivity contribution in [2.45, 2.75) is 103 Å². The van der Waals surface area contributed by atoms with Crippen LogP contribution in [0.2, 0.25) is 19.1 Å². The summed E-state index contributed by atoms with van der Waals surface area (Å²) in [5, 5.41) is 9.91. The molecule has 2 rings (SSSR count). The van der Waals surface area contributed by atoms with E-state index < -0.39 is 5.97 Å². The first-order valence-corrected chi connectivity index (χ1v) is 16.8. The van der Waals surface area contributed by atoms with Crippen LogP contribution in [0.25, 0.3) is 11.1 Å². The lowest BCUT2D eigenvalue weighted by Crippen LogP contribution is -2.08. The molecule has 4 nitrogen and oxygen atoms in total. The van der Waals surface area contributed by atoms with Gasteiger partial charge >= 0.3 is 5.97 Å². The molecular formula is C31H47O4Si. The molecule has 199 valence electrons. The average Bonchev–Trinajstić information content (AvgIpc) is 2.87. The summed E-state index contributed by atoms with van der Waals surface area (Å²) in [5.74, 6) is 0.254. The molecule has 0 aromatic heterocycles. The number of unbranched alkanes of at least 4 members (excludes halogenated alkanes) is 10. The van der Waals surface area contributed by atoms with Crippen molar-refractivity contribution in [1.29, 1.82) is 0 Å². The lowest BCUT2D eigenvalue weighted by Gasteiger charge is -2.19. The average molecular weight is 512 g/mol. The summed E-state index contributed by atoms with van der Waals surface area (Å²) < 4.78 is 12.5. The fraction of sp³-hybridized carbons (Fsp3) is 0.581. The third-order valence-electron chi connectivity index (χ3n) is 6.49. The minimum atomic E-state index is -0.954. The molecule has 0 atom stereocenters. The van der Waals surface area contributed by atoms with Crippen molar-refractivity contribution in [2.24, 2.45) is 0 Å². The van der Waals surface area contributed by atoms with Gasteiger partial charge < -0.3 is 14.6 Å². The van der Waals surface area contributed by atoms with Crippen molar-refractivity contribution < 1.29 is 19.4 Å². The van der Waals surface area contributed by atoms with E-state index in [-0.39, 0.29) is 14.4 Å². The van der Waals surface area contributed by atoms with Gasteiger partial charge in [0, 0.05) is 14.4 Å². The predicted octanol–water partition coefficient (Wildman–Crippen LogP) is 9.26. The van der Waals surface area contributed by atoms with Crippen LogP contribution in [-0.4, -0.2) is 33.1 Å². The first-order valence-electron chi connectivity index (χ1n) is 14.0. The molecule has 36 heavy (non-hydrogen) atoms. The highest BCUT2D eigenvalue weighted by atomic mass is 28.3. The number of carbonyl (C=O) groups is 1. The van der Waals surface area contributed by atoms with Crippen molar-refractivity contribution in [1.82, 2.24) is 0 Å². The standard InChI is InChI=1S/C31H47O4Si/c1-4-5-6-7-8-9-10-16-23-34-28-22-21-27(31(32)33)29(26-19-14-13-15-20-26)30(28)35-24-17-11-12-18-25-36(2)3/h13-15,19-22H,4-12,16-18,23-25H2,1-3H3,(H,32,33). The van der Waals surface area contributed by atoms with Crippen LogP contribution in [0.4, 0.5) is 0 Å². The SMILES string of the molecule is CCCCCCCCCCOc1ccc(C(=O)O)c(-c2ccccc2)c1OCCCCCC[Si](C)C. The largest absolute Gasteiger partial charge is 0.490 e. The normalized spacial score (nSPS) is 11.1. The van der Waals surface area contributed by atoms with E-state index in [9.17, 15) is 9.90 Å². The topological polar surface area (TPSA) is 55.8 Å². The zero-order valence-electron chi connectivity index (χ0n) is 22.8. The van der Waals surface area contributed by atoms with E-state index >= 15 is 0 Å². The molecule has 0 aliphatic rings. The molecule has 0 fully saturated rings. The van der Waals surface area contributed by atoms with Gasteiger partial charge in [-0.1, -0.05) is 121 Å². The molecular weight excluding hydrogens is 464 g/mol. The molecule has 1 N–H and O–H groups in total. The number of aromatic carboxylic acids is 1. The quantitative estimate of drug-likeness (QED) is 0.142. The van der Waals surface area contributed by atoms with E-state index in [1.54, 1.807) is 12.1 Å². The van der Waals surface area contributed by atoms with E-state index in [0.29, 0.717) is 30.3 Å². The van der Waals surface area contributed by atoms with E-state index in [4.69, 9.17) is 9.47 Å². The maximum absolute atomic E-state index is 12.1. The van der Waals surface area contributed by atoms with Gasteiger partial charge in [-0.25, -0.2) is 4.79 Å². The third-order valence-corrected chi connectivity index (χ3v) is 7.84. The smallest absolute Gasteiger partial charge is 0.336 e. The summed E-state index contributed by atoms with van der Waals surface area (Å²) >= 11 is 0. The number of carboxylic acids is 1. The summed E-state index contributed by atoms with van der Waals surface area (Å²) in [6.07, 6.45) is 14.5. The fourth-order valence-electron chi connectivity index (χ4n) is 4.42. The van der Waals surface area contributed by atoms with E-state index in [0.717, 1.165) is 31.2 Å². The Morgan fingerprint density at radius 3 is 1.94 bits per heavy atom. The fourth-order valence-corrected chi connectivity index (χ4v) is 5.37. The number of hydrogen-bond acceptors (Lipinski definition) is 3. The van der Waals surface area contributed by atoms with Gasteiger partial charge in [0.05, 0.1) is 18.8 Å². The van der Waals surface area contributed by atoms with Crippen LogP contribution in [0.15, 0.2) is 42.5 Å². The monoisotopic (exact) mass is 511 g/mol. The van der Waals surface area contributed by atoms with Crippen molar-refractivity contribution in [3.05, 3.63) is 48.0 Å². The molecule has 0 aliphatic heterocycles. The molecule has 2 aromatic rings. The highest BCUT2D eigenvalue weighted by molar-refractivity contribution is 6.55. The molecule has 1 radical (unpaired) electrons. The van der Waals surface area contributed by atoms with Crippen LogP contribution in [-0.2, 0) is 0 Å². The highest BCUT2D eigenvalue weighted by Crippen LogP contribution is 2.41. The second-order valence-electron chi connectivity index (χ2n) is 10.0. The van der Waals surface area contributed by atoms with Gasteiger partial charge in [0.1, 0.15) is 0 Å². The van der Waals surface area contributed by atoms with E-state index in [2.05, 4.69) is 20.0 Å². The van der Waals surface area contributed by atoms with Crippen molar-refractivity contribution >= 4 is 14.8 Å². The molecule has 5 heteroatoms. The summed E-state index contributed by atoms with van der Waals surface area (Å²) in [5.41, 5.74) is 1.69. The van der Waals surface area contributed by atoms with Gasteiger partial charge in [-0.15, -0.1) is 0 Å². The van der Waals surface area contributed by atoms with Gasteiger partial charge in [-0.3, -0.25) is 0 Å². The molecule has 0 saturated heterocycles. The summed E-state index contributed by atoms with van der Waals surface area (Å²) in [7, 11) is -0.147. The second kappa shape index (κ2) is 18.0. The Morgan fingerprint density at radius 2 is 1.33 bits per heavy atom. The number of hydrogen-bond donors (Lipinski definition) is 1. The summed E-state index contributed by atoms with van der Waals surface area (Å²) in [6.45, 7) is 8.15. The van der Waals surface area contributed by atoms with Crippen LogP contribution >= 0.6 is 0 Å². The highest BCUT2D eigenvalue weighted by Gasteiger charge is 2.21. The lowest BCUT2D eigenvalue weighted by molar-refractivity contribution is 0.0697. The number of ether oxygens (including phenoxy) is 2. The molecule has 0 aliphatic carbocycles. The minimum Gasteiger partial charge on any atom is -0.490 e. The maximum atomic E-state index is 12.1. The molecule has 0 bridgehead atoms. The van der Waals surface area contributed by atoms with Crippen LogP contribution in [0.1, 0.15) is 94.3 Å². The second-order valence-corrected chi connectivity index (χ2v) is 12.9. The van der Waals surface area contributed by atoms with Gasteiger partial charge in [0.2, 0.25) is 0 Å². The minimum absolute atomic E-state index is 0.147. The Bertz CT molecular complexity index is 866. The summed E-state index contributed by atoms with van der Waals surface area (Å²) in [6, 6.07) is 14.4. The molecule has 0 amide bonds. The van der Waals surface area contributed by atoms with Crippen molar-refractivity contribution in [3.8, 4) is 22.6 Å². The van der Waals surface area contributed by atoms with Gasteiger partial charge in [0.15, 0.2) is 11.5 Å². The van der Waals surface area contributed by atoms with Crippen LogP contribution < -0.4 is 9.47 Å². The van der Waals surface area contributed by atoms with Crippen LogP contribution in [0.3, 0.4) is 0 Å². The van der Waals surface area contributed by atoms with Crippen molar-refractivity contribution in [3.63, 3.8) is 0 Å². The van der Waals surface area contributed by atoms with Gasteiger partial charge in [-0.05, 0) is 30.5 Å². The number of carboxylic acid groups (broad SMARTS) is 1. The first kappa shape index (κ1) is 30.0. The Balaban J connectivity index is 2.05. The van der Waals surface area contributed by atoms with E-state index in [1.807, 2.05) is 30.3 Å². The Morgan fingerprint density at radius 1 is 0.750 bits per heavy atom. The van der Waals surface area contributed by atoms with E-state index in [1.165, 1.54) is 57.4 Å². The number of rotatable bonds is 20. The lowest BCUT2D eigenvalue weighted by atomic mass is 9.98. The Kier molecular flexibility index (Phi) is 15.0. The zero-order chi connectivity index (χ0) is 26.0. The van der Waals surface area contributed by atoms with Gasteiger partial charge in [0.25, 0.3) is 0 Å². The van der Waals surface area contributed by atoms with Gasteiger partial charge in [-0.2, -0.15) is 0 Å². The van der Waals surface area contributed by atoms with Crippen LogP contribution in [0.5, 0.6) is 11.5 Å². The Labute approximate surface area is 221 Å². The number of benzene rings is 2. The van der Waals surface area contributed by atoms with Crippen molar-refractivity contribution in [2.75, 3.05) is 13.2 Å². The molecule has 0 unspecified atom stereocenters. The molecule has 0 spiro atoms. The molecule has 2 aromatic carbocycles. The maximum Gasteiger partial charge on any atom is 0.336 e. The van der Waals surface area contributed by atoms with Crippen LogP contribution in [0, 0.1) is 0 Å². The zero-order valence-corrected chi connectivity index (χ0v) is 23.8. The third kappa shape index (κ3) is 11.2. The predicted molar refractivity (Wildman–Crippen MR) is 153 cm³/mol. The molecule has 0 heterocycles. The Hall–Kier alpha value is -2.27. The summed E-state index contributed by atoms with van der Waals surface area (Å²) in [4.78, 5) is 12.1.